The van der Waals surface area contributed by atoms with Crippen LogP contribution < -0.4 is 24.6 Å². The number of carbonyl (C=O) groups excluding carboxylic acids is 2. The zero-order valence-electron chi connectivity index (χ0n) is 16.3. The summed E-state index contributed by atoms with van der Waals surface area (Å²) in [6.45, 7) is 1.44. The summed E-state index contributed by atoms with van der Waals surface area (Å²) in [4.78, 5) is 23.1. The number of benzene rings is 2. The van der Waals surface area contributed by atoms with E-state index in [2.05, 4.69) is 5.32 Å². The number of fused-ring (bicyclic) bond motifs is 3. The van der Waals surface area contributed by atoms with E-state index in [1.165, 1.54) is 20.1 Å². The molecular formula is C21H22NO6-. The first kappa shape index (κ1) is 19.5. The highest BCUT2D eigenvalue weighted by Crippen LogP contribution is 2.50. The number of carboxylic acid groups (broad SMARTS) is 1. The van der Waals surface area contributed by atoms with Gasteiger partial charge in [0.25, 0.3) is 0 Å². The van der Waals surface area contributed by atoms with Gasteiger partial charge in [0, 0.05) is 12.5 Å². The zero-order chi connectivity index (χ0) is 20.4. The number of rotatable bonds is 5. The molecule has 148 valence electrons. The van der Waals surface area contributed by atoms with Crippen molar-refractivity contribution < 1.29 is 28.9 Å². The highest BCUT2D eigenvalue weighted by atomic mass is 16.5. The van der Waals surface area contributed by atoms with Crippen LogP contribution in [-0.4, -0.2) is 33.2 Å². The van der Waals surface area contributed by atoms with Crippen LogP contribution in [0, 0.1) is 0 Å². The molecule has 1 N–H and O–H groups in total. The van der Waals surface area contributed by atoms with E-state index < -0.39 is 5.97 Å². The summed E-state index contributed by atoms with van der Waals surface area (Å²) in [5, 5.41) is 14.3. The Morgan fingerprint density at radius 2 is 1.79 bits per heavy atom. The first-order chi connectivity index (χ1) is 13.4. The Hall–Kier alpha value is -3.22. The summed E-state index contributed by atoms with van der Waals surface area (Å²) >= 11 is 0. The minimum absolute atomic E-state index is 0.0528. The lowest BCUT2D eigenvalue weighted by Gasteiger charge is -2.21. The molecule has 0 bridgehead atoms. The highest BCUT2D eigenvalue weighted by molar-refractivity contribution is 5.90. The van der Waals surface area contributed by atoms with Crippen LogP contribution in [-0.2, 0) is 11.2 Å². The normalized spacial score (nSPS) is 14.9. The first-order valence-corrected chi connectivity index (χ1v) is 8.85. The molecule has 28 heavy (non-hydrogen) atoms. The number of carbonyl (C=O) groups is 2. The van der Waals surface area contributed by atoms with Crippen molar-refractivity contribution in [2.24, 2.45) is 0 Å². The van der Waals surface area contributed by atoms with Gasteiger partial charge in [-0.05, 0) is 47.2 Å². The van der Waals surface area contributed by atoms with Crippen molar-refractivity contribution in [3.63, 3.8) is 0 Å². The second-order valence-corrected chi connectivity index (χ2v) is 6.56. The maximum atomic E-state index is 11.7. The molecule has 7 nitrogen and oxygen atoms in total. The molecule has 0 unspecified atom stereocenters. The maximum Gasteiger partial charge on any atom is 0.217 e. The molecule has 2 aromatic rings. The molecule has 3 rings (SSSR count). The minimum atomic E-state index is -1.27. The molecular weight excluding hydrogens is 362 g/mol. The van der Waals surface area contributed by atoms with Crippen LogP contribution in [0.4, 0.5) is 0 Å². The SMILES string of the molecule is COc1cc2c(c(OC)c1OC)-c1ccc(C(=O)[O-])cc1[C@@H](NC(C)=O)CC2. The number of aromatic carboxylic acids is 1. The summed E-state index contributed by atoms with van der Waals surface area (Å²) in [6.07, 6.45) is 1.22. The summed E-state index contributed by atoms with van der Waals surface area (Å²) < 4.78 is 16.6. The van der Waals surface area contributed by atoms with E-state index in [9.17, 15) is 14.7 Å². The Morgan fingerprint density at radius 3 is 2.36 bits per heavy atom. The van der Waals surface area contributed by atoms with Crippen LogP contribution in [0.2, 0.25) is 0 Å². The van der Waals surface area contributed by atoms with Gasteiger partial charge in [0.2, 0.25) is 11.7 Å². The van der Waals surface area contributed by atoms with Gasteiger partial charge in [0.05, 0.1) is 33.3 Å². The molecule has 1 atom stereocenters. The fourth-order valence-corrected chi connectivity index (χ4v) is 3.76. The van der Waals surface area contributed by atoms with E-state index in [0.717, 1.165) is 16.7 Å². The Morgan fingerprint density at radius 1 is 1.07 bits per heavy atom. The molecule has 0 heterocycles. The second kappa shape index (κ2) is 7.80. The number of amides is 1. The van der Waals surface area contributed by atoms with Gasteiger partial charge >= 0.3 is 0 Å². The lowest BCUT2D eigenvalue weighted by atomic mass is 9.92. The van der Waals surface area contributed by atoms with Gasteiger partial charge in [0.1, 0.15) is 0 Å². The van der Waals surface area contributed by atoms with Crippen LogP contribution in [0.25, 0.3) is 11.1 Å². The average molecular weight is 384 g/mol. The second-order valence-electron chi connectivity index (χ2n) is 6.56. The number of ether oxygens (including phenoxy) is 3. The third-order valence-electron chi connectivity index (χ3n) is 4.92. The minimum Gasteiger partial charge on any atom is -0.545 e. The fourth-order valence-electron chi connectivity index (χ4n) is 3.76. The van der Waals surface area contributed by atoms with Gasteiger partial charge in [0.15, 0.2) is 11.5 Å². The van der Waals surface area contributed by atoms with E-state index in [1.807, 2.05) is 6.07 Å². The predicted molar refractivity (Wildman–Crippen MR) is 101 cm³/mol. The lowest BCUT2D eigenvalue weighted by molar-refractivity contribution is -0.255. The number of aryl methyl sites for hydroxylation is 1. The summed E-state index contributed by atoms with van der Waals surface area (Å²) in [5.41, 5.74) is 3.28. The van der Waals surface area contributed by atoms with E-state index >= 15 is 0 Å². The van der Waals surface area contributed by atoms with Gasteiger partial charge in [-0.2, -0.15) is 0 Å². The van der Waals surface area contributed by atoms with Gasteiger partial charge in [-0.1, -0.05) is 12.1 Å². The predicted octanol–water partition coefficient (Wildman–Crippen LogP) is 1.87. The lowest BCUT2D eigenvalue weighted by Crippen LogP contribution is -2.27. The van der Waals surface area contributed by atoms with E-state index in [4.69, 9.17) is 14.2 Å². The molecule has 2 aromatic carbocycles. The van der Waals surface area contributed by atoms with Gasteiger partial charge in [-0.3, -0.25) is 4.79 Å². The monoisotopic (exact) mass is 384 g/mol. The first-order valence-electron chi connectivity index (χ1n) is 8.85. The molecule has 1 amide bonds. The molecule has 0 saturated heterocycles. The molecule has 0 aromatic heterocycles. The van der Waals surface area contributed by atoms with Crippen molar-refractivity contribution in [2.45, 2.75) is 25.8 Å². The molecule has 0 spiro atoms. The number of carboxylic acids is 1. The van der Waals surface area contributed by atoms with Crippen molar-refractivity contribution in [3.05, 3.63) is 41.0 Å². The molecule has 1 aliphatic carbocycles. The number of nitrogens with one attached hydrogen (secondary N) is 1. The topological polar surface area (TPSA) is 96.9 Å². The van der Waals surface area contributed by atoms with Crippen LogP contribution in [0.15, 0.2) is 24.3 Å². The standard InChI is InChI=1S/C21H23NO6/c1-11(23)22-16-8-6-12-10-17(26-2)19(27-3)20(28-4)18(12)14-7-5-13(21(24)25)9-15(14)16/h5,7,9-10,16H,6,8H2,1-4H3,(H,22,23)(H,24,25)/p-1/t16-/m0/s1. The van der Waals surface area contributed by atoms with Crippen LogP contribution >= 0.6 is 0 Å². The van der Waals surface area contributed by atoms with Crippen LogP contribution in [0.5, 0.6) is 17.2 Å². The molecule has 0 aliphatic heterocycles. The van der Waals surface area contributed by atoms with Crippen molar-refractivity contribution in [1.29, 1.82) is 0 Å². The Labute approximate surface area is 163 Å². The van der Waals surface area contributed by atoms with E-state index in [1.54, 1.807) is 26.4 Å². The fraction of sp³-hybridized carbons (Fsp3) is 0.333. The quantitative estimate of drug-likeness (QED) is 0.845. The third kappa shape index (κ3) is 3.35. The number of hydrogen-bond acceptors (Lipinski definition) is 6. The van der Waals surface area contributed by atoms with Crippen LogP contribution in [0.3, 0.4) is 0 Å². The van der Waals surface area contributed by atoms with Gasteiger partial charge < -0.3 is 29.4 Å². The smallest absolute Gasteiger partial charge is 0.217 e. The van der Waals surface area contributed by atoms with Gasteiger partial charge in [-0.25, -0.2) is 0 Å². The van der Waals surface area contributed by atoms with Crippen molar-refractivity contribution >= 4 is 11.9 Å². The molecule has 1 aliphatic rings. The molecule has 0 radical (unpaired) electrons. The highest BCUT2D eigenvalue weighted by Gasteiger charge is 2.29. The summed E-state index contributed by atoms with van der Waals surface area (Å²) in [7, 11) is 4.63. The summed E-state index contributed by atoms with van der Waals surface area (Å²) in [5.74, 6) is 0.0411. The number of methoxy groups -OCH3 is 3. The van der Waals surface area contributed by atoms with E-state index in [-0.39, 0.29) is 17.5 Å². The zero-order valence-corrected chi connectivity index (χ0v) is 16.3. The molecule has 0 fully saturated rings. The largest absolute Gasteiger partial charge is 0.545 e. The summed E-state index contributed by atoms with van der Waals surface area (Å²) in [6, 6.07) is 6.30. The van der Waals surface area contributed by atoms with E-state index in [0.29, 0.717) is 35.7 Å². The Bertz CT molecular complexity index is 937. The van der Waals surface area contributed by atoms with Crippen molar-refractivity contribution in [3.8, 4) is 28.4 Å². The van der Waals surface area contributed by atoms with Gasteiger partial charge in [-0.15, -0.1) is 0 Å². The average Bonchev–Trinajstić information content (AvgIpc) is 2.82. The maximum absolute atomic E-state index is 11.7. The van der Waals surface area contributed by atoms with Crippen LogP contribution in [0.1, 0.15) is 40.9 Å². The van der Waals surface area contributed by atoms with Crippen molar-refractivity contribution in [2.75, 3.05) is 21.3 Å². The number of hydrogen-bond donors (Lipinski definition) is 1. The van der Waals surface area contributed by atoms with Crippen molar-refractivity contribution in [1.82, 2.24) is 5.32 Å². The molecule has 0 saturated carbocycles. The molecule has 7 heteroatoms. The Balaban J connectivity index is 2.33. The Kier molecular flexibility index (Phi) is 5.44. The third-order valence-corrected chi connectivity index (χ3v) is 4.92.